The highest BCUT2D eigenvalue weighted by atomic mass is 79.9. The zero-order valence-corrected chi connectivity index (χ0v) is 8.97. The minimum Gasteiger partial charge on any atom is -0.490 e. The second-order valence-electron chi connectivity index (χ2n) is 2.90. The molecule has 0 fully saturated rings. The van der Waals surface area contributed by atoms with Crippen LogP contribution in [0.3, 0.4) is 0 Å². The van der Waals surface area contributed by atoms with Crippen molar-refractivity contribution in [3.8, 4) is 5.75 Å². The van der Waals surface area contributed by atoms with Crippen LogP contribution >= 0.6 is 15.9 Å². The monoisotopic (exact) mass is 228 g/mol. The molecule has 1 aromatic rings. The maximum absolute atomic E-state index is 5.57. The van der Waals surface area contributed by atoms with Crippen molar-refractivity contribution in [2.24, 2.45) is 0 Å². The summed E-state index contributed by atoms with van der Waals surface area (Å²) in [6, 6.07) is 8.09. The number of alkyl halides is 1. The Labute approximate surface area is 81.9 Å². The zero-order chi connectivity index (χ0) is 8.97. The van der Waals surface area contributed by atoms with Crippen molar-refractivity contribution in [2.45, 2.75) is 20.0 Å². The quantitative estimate of drug-likeness (QED) is 0.723. The Kier molecular flexibility index (Phi) is 3.60. The normalized spacial score (nSPS) is 12.6. The molecule has 12 heavy (non-hydrogen) atoms. The van der Waals surface area contributed by atoms with E-state index >= 15 is 0 Å². The first kappa shape index (κ1) is 9.59. The summed E-state index contributed by atoms with van der Waals surface area (Å²) in [6.07, 6.45) is 0.229. The highest BCUT2D eigenvalue weighted by Crippen LogP contribution is 2.13. The van der Waals surface area contributed by atoms with E-state index in [1.807, 2.05) is 19.1 Å². The predicted octanol–water partition coefficient (Wildman–Crippen LogP) is 3.16. The van der Waals surface area contributed by atoms with Gasteiger partial charge in [0.1, 0.15) is 11.9 Å². The highest BCUT2D eigenvalue weighted by Gasteiger charge is 1.99. The van der Waals surface area contributed by atoms with E-state index in [1.165, 1.54) is 5.56 Å². The van der Waals surface area contributed by atoms with Crippen molar-refractivity contribution in [2.75, 3.05) is 5.33 Å². The molecule has 0 saturated carbocycles. The van der Waals surface area contributed by atoms with Gasteiger partial charge in [0.25, 0.3) is 0 Å². The number of ether oxygens (including phenoxy) is 1. The van der Waals surface area contributed by atoms with E-state index in [0.717, 1.165) is 11.1 Å². The van der Waals surface area contributed by atoms with E-state index < -0.39 is 0 Å². The molecule has 0 bridgehead atoms. The van der Waals surface area contributed by atoms with Gasteiger partial charge in [-0.1, -0.05) is 33.6 Å². The maximum atomic E-state index is 5.57. The van der Waals surface area contributed by atoms with Gasteiger partial charge in [-0.25, -0.2) is 0 Å². The van der Waals surface area contributed by atoms with Crippen molar-refractivity contribution in [3.63, 3.8) is 0 Å². The summed E-state index contributed by atoms with van der Waals surface area (Å²) in [7, 11) is 0. The molecule has 1 atom stereocenters. The van der Waals surface area contributed by atoms with Gasteiger partial charge in [-0.05, 0) is 26.0 Å². The molecule has 0 unspecified atom stereocenters. The lowest BCUT2D eigenvalue weighted by molar-refractivity contribution is 0.248. The first-order valence-electron chi connectivity index (χ1n) is 4.01. The fourth-order valence-corrected chi connectivity index (χ4v) is 1.01. The Bertz CT molecular complexity index is 230. The number of aryl methyl sites for hydroxylation is 1. The van der Waals surface area contributed by atoms with Gasteiger partial charge in [0, 0.05) is 5.33 Å². The molecule has 0 radical (unpaired) electrons. The summed E-state index contributed by atoms with van der Waals surface area (Å²) in [6.45, 7) is 4.10. The van der Waals surface area contributed by atoms with Crippen LogP contribution in [0.1, 0.15) is 12.5 Å². The van der Waals surface area contributed by atoms with Crippen LogP contribution in [0.4, 0.5) is 0 Å². The van der Waals surface area contributed by atoms with Crippen LogP contribution in [0, 0.1) is 6.92 Å². The Morgan fingerprint density at radius 3 is 2.42 bits per heavy atom. The van der Waals surface area contributed by atoms with Crippen LogP contribution in [-0.2, 0) is 0 Å². The van der Waals surface area contributed by atoms with Gasteiger partial charge in [-0.15, -0.1) is 0 Å². The molecular formula is C10H13BrO. The first-order valence-corrected chi connectivity index (χ1v) is 5.14. The van der Waals surface area contributed by atoms with E-state index in [2.05, 4.69) is 35.0 Å². The van der Waals surface area contributed by atoms with Gasteiger partial charge >= 0.3 is 0 Å². The Hall–Kier alpha value is -0.500. The zero-order valence-electron chi connectivity index (χ0n) is 7.38. The van der Waals surface area contributed by atoms with Gasteiger partial charge in [0.15, 0.2) is 0 Å². The fraction of sp³-hybridized carbons (Fsp3) is 0.400. The predicted molar refractivity (Wildman–Crippen MR) is 55.1 cm³/mol. The maximum Gasteiger partial charge on any atom is 0.119 e. The molecule has 0 N–H and O–H groups in total. The minimum atomic E-state index is 0.229. The van der Waals surface area contributed by atoms with E-state index in [9.17, 15) is 0 Å². The molecule has 2 heteroatoms. The topological polar surface area (TPSA) is 9.23 Å². The molecule has 0 amide bonds. The second kappa shape index (κ2) is 4.51. The van der Waals surface area contributed by atoms with Crippen LogP contribution in [0.25, 0.3) is 0 Å². The van der Waals surface area contributed by atoms with Crippen LogP contribution in [0.15, 0.2) is 24.3 Å². The van der Waals surface area contributed by atoms with Gasteiger partial charge in [0.2, 0.25) is 0 Å². The molecule has 0 aliphatic heterocycles. The molecule has 66 valence electrons. The molecule has 0 aliphatic rings. The van der Waals surface area contributed by atoms with Gasteiger partial charge in [-0.3, -0.25) is 0 Å². The lowest BCUT2D eigenvalue weighted by Crippen LogP contribution is -2.12. The molecule has 0 spiro atoms. The molecule has 0 aromatic heterocycles. The van der Waals surface area contributed by atoms with Crippen molar-refractivity contribution in [1.29, 1.82) is 0 Å². The Balaban J connectivity index is 2.58. The third kappa shape index (κ3) is 2.86. The number of halogens is 1. The molecule has 0 aliphatic carbocycles. The number of hydrogen-bond donors (Lipinski definition) is 0. The summed E-state index contributed by atoms with van der Waals surface area (Å²) in [4.78, 5) is 0. The summed E-state index contributed by atoms with van der Waals surface area (Å²) in [5, 5.41) is 0.862. The smallest absolute Gasteiger partial charge is 0.119 e. The SMILES string of the molecule is Cc1ccc(O[C@@H](C)CBr)cc1. The summed E-state index contributed by atoms with van der Waals surface area (Å²) in [5.41, 5.74) is 1.26. The van der Waals surface area contributed by atoms with Gasteiger partial charge in [0.05, 0.1) is 0 Å². The molecule has 1 aromatic carbocycles. The molecule has 1 nitrogen and oxygen atoms in total. The van der Waals surface area contributed by atoms with Crippen LogP contribution in [0.2, 0.25) is 0 Å². The van der Waals surface area contributed by atoms with E-state index in [1.54, 1.807) is 0 Å². The third-order valence-corrected chi connectivity index (χ3v) is 2.49. The lowest BCUT2D eigenvalue weighted by atomic mass is 10.2. The average molecular weight is 229 g/mol. The Morgan fingerprint density at radius 1 is 1.33 bits per heavy atom. The first-order chi connectivity index (χ1) is 5.72. The van der Waals surface area contributed by atoms with Crippen LogP contribution in [0.5, 0.6) is 5.75 Å². The summed E-state index contributed by atoms with van der Waals surface area (Å²) >= 11 is 3.36. The number of rotatable bonds is 3. The van der Waals surface area contributed by atoms with Gasteiger partial charge in [-0.2, -0.15) is 0 Å². The van der Waals surface area contributed by atoms with Crippen molar-refractivity contribution in [3.05, 3.63) is 29.8 Å². The standard InChI is InChI=1S/C10H13BrO/c1-8-3-5-10(6-4-8)12-9(2)7-11/h3-6,9H,7H2,1-2H3/t9-/m0/s1. The molecule has 1 rings (SSSR count). The average Bonchev–Trinajstić information content (AvgIpc) is 2.09. The second-order valence-corrected chi connectivity index (χ2v) is 3.54. The fourth-order valence-electron chi connectivity index (χ4n) is 0.881. The van der Waals surface area contributed by atoms with E-state index in [4.69, 9.17) is 4.74 Å². The van der Waals surface area contributed by atoms with Crippen molar-refractivity contribution >= 4 is 15.9 Å². The largest absolute Gasteiger partial charge is 0.490 e. The number of hydrogen-bond acceptors (Lipinski definition) is 1. The third-order valence-electron chi connectivity index (χ3n) is 1.58. The van der Waals surface area contributed by atoms with Crippen LogP contribution in [-0.4, -0.2) is 11.4 Å². The summed E-state index contributed by atoms with van der Waals surface area (Å²) in [5.74, 6) is 0.938. The van der Waals surface area contributed by atoms with Gasteiger partial charge < -0.3 is 4.74 Å². The summed E-state index contributed by atoms with van der Waals surface area (Å²) < 4.78 is 5.57. The lowest BCUT2D eigenvalue weighted by Gasteiger charge is -2.11. The van der Waals surface area contributed by atoms with Crippen LogP contribution < -0.4 is 4.74 Å². The Morgan fingerprint density at radius 2 is 1.92 bits per heavy atom. The van der Waals surface area contributed by atoms with E-state index in [0.29, 0.717) is 0 Å². The van der Waals surface area contributed by atoms with Crippen molar-refractivity contribution < 1.29 is 4.74 Å². The number of benzene rings is 1. The molecular weight excluding hydrogens is 216 g/mol. The molecule has 0 heterocycles. The van der Waals surface area contributed by atoms with E-state index in [-0.39, 0.29) is 6.10 Å². The molecule has 0 saturated heterocycles. The van der Waals surface area contributed by atoms with Crippen molar-refractivity contribution in [1.82, 2.24) is 0 Å². The highest BCUT2D eigenvalue weighted by molar-refractivity contribution is 9.09. The minimum absolute atomic E-state index is 0.229.